The highest BCUT2D eigenvalue weighted by molar-refractivity contribution is 7.80. The zero-order valence-corrected chi connectivity index (χ0v) is 13.1. The van der Waals surface area contributed by atoms with E-state index in [9.17, 15) is 4.39 Å². The Morgan fingerprint density at radius 2 is 2.10 bits per heavy atom. The number of hydrogen-bond acceptors (Lipinski definition) is 2. The second kappa shape index (κ2) is 6.19. The van der Waals surface area contributed by atoms with E-state index in [2.05, 4.69) is 18.7 Å². The second-order valence-electron chi connectivity index (χ2n) is 6.46. The summed E-state index contributed by atoms with van der Waals surface area (Å²) in [4.78, 5) is 2.69. The maximum atomic E-state index is 13.3. The molecule has 2 N–H and O–H groups in total. The number of rotatable bonds is 3. The third kappa shape index (κ3) is 4.00. The van der Waals surface area contributed by atoms with E-state index < -0.39 is 0 Å². The lowest BCUT2D eigenvalue weighted by atomic mass is 9.85. The van der Waals surface area contributed by atoms with Crippen molar-refractivity contribution in [2.75, 3.05) is 13.1 Å². The number of halogens is 1. The van der Waals surface area contributed by atoms with Gasteiger partial charge in [0, 0.05) is 12.1 Å². The van der Waals surface area contributed by atoms with Gasteiger partial charge < -0.3 is 5.73 Å². The molecular weight excluding hydrogens is 271 g/mol. The number of thiocarbonyl (C=S) groups is 1. The Hall–Kier alpha value is -1.00. The summed E-state index contributed by atoms with van der Waals surface area (Å²) in [5.41, 5.74) is 7.83. The van der Waals surface area contributed by atoms with Crippen LogP contribution < -0.4 is 5.73 Å². The molecule has 0 atom stereocenters. The summed E-state index contributed by atoms with van der Waals surface area (Å²) in [7, 11) is 0. The van der Waals surface area contributed by atoms with Crippen LogP contribution in [0.1, 0.15) is 44.2 Å². The summed E-state index contributed by atoms with van der Waals surface area (Å²) in [5, 5.41) is 0. The standard InChI is InChI=1S/C16H23FN2S/c1-16(2)6-3-8-19(9-7-16)11-12-4-5-13(17)10-14(12)15(18)20/h4-5,10H,3,6-9,11H2,1-2H3,(H2,18,20). The SMILES string of the molecule is CC1(C)CCCN(Cc2ccc(F)cc2C(N)=S)CC1. The predicted molar refractivity (Wildman–Crippen MR) is 85.2 cm³/mol. The second-order valence-corrected chi connectivity index (χ2v) is 6.90. The monoisotopic (exact) mass is 294 g/mol. The molecule has 20 heavy (non-hydrogen) atoms. The highest BCUT2D eigenvalue weighted by Gasteiger charge is 2.23. The van der Waals surface area contributed by atoms with Gasteiger partial charge in [-0.25, -0.2) is 4.39 Å². The zero-order chi connectivity index (χ0) is 14.8. The van der Waals surface area contributed by atoms with Crippen molar-refractivity contribution in [2.45, 2.75) is 39.7 Å². The lowest BCUT2D eigenvalue weighted by molar-refractivity contribution is 0.255. The first-order valence-electron chi connectivity index (χ1n) is 7.18. The van der Waals surface area contributed by atoms with Crippen molar-refractivity contribution in [3.8, 4) is 0 Å². The van der Waals surface area contributed by atoms with E-state index in [-0.39, 0.29) is 10.8 Å². The van der Waals surface area contributed by atoms with E-state index in [1.54, 1.807) is 6.07 Å². The van der Waals surface area contributed by atoms with E-state index in [0.717, 1.165) is 25.2 Å². The molecule has 0 bridgehead atoms. The Balaban J connectivity index is 2.12. The molecule has 0 radical (unpaired) electrons. The van der Waals surface area contributed by atoms with Crippen molar-refractivity contribution >= 4 is 17.2 Å². The summed E-state index contributed by atoms with van der Waals surface area (Å²) >= 11 is 5.03. The molecule has 1 aliphatic heterocycles. The van der Waals surface area contributed by atoms with Crippen LogP contribution in [-0.2, 0) is 6.54 Å². The van der Waals surface area contributed by atoms with Gasteiger partial charge in [-0.1, -0.05) is 32.1 Å². The molecule has 1 saturated heterocycles. The van der Waals surface area contributed by atoms with Crippen molar-refractivity contribution in [3.63, 3.8) is 0 Å². The first kappa shape index (κ1) is 15.4. The highest BCUT2D eigenvalue weighted by atomic mass is 32.1. The van der Waals surface area contributed by atoms with Gasteiger partial charge in [0.1, 0.15) is 10.8 Å². The van der Waals surface area contributed by atoms with E-state index in [1.807, 2.05) is 0 Å². The maximum Gasteiger partial charge on any atom is 0.123 e. The molecular formula is C16H23FN2S. The molecule has 1 aromatic carbocycles. The summed E-state index contributed by atoms with van der Waals surface area (Å²) in [6.07, 6.45) is 3.66. The van der Waals surface area contributed by atoms with Gasteiger partial charge in [0.2, 0.25) is 0 Å². The molecule has 2 rings (SSSR count). The fraction of sp³-hybridized carbons (Fsp3) is 0.562. The molecule has 2 nitrogen and oxygen atoms in total. The Bertz CT molecular complexity index is 499. The van der Waals surface area contributed by atoms with Gasteiger partial charge in [-0.3, -0.25) is 4.90 Å². The van der Waals surface area contributed by atoms with Crippen molar-refractivity contribution in [3.05, 3.63) is 35.1 Å². The molecule has 0 saturated carbocycles. The van der Waals surface area contributed by atoms with Gasteiger partial charge >= 0.3 is 0 Å². The van der Waals surface area contributed by atoms with Gasteiger partial charge in [-0.2, -0.15) is 0 Å². The summed E-state index contributed by atoms with van der Waals surface area (Å²) < 4.78 is 13.3. The molecule has 4 heteroatoms. The van der Waals surface area contributed by atoms with Gasteiger partial charge in [0.05, 0.1) is 0 Å². The van der Waals surface area contributed by atoms with Crippen LogP contribution in [0.3, 0.4) is 0 Å². The van der Waals surface area contributed by atoms with Crippen LogP contribution >= 0.6 is 12.2 Å². The van der Waals surface area contributed by atoms with Crippen LogP contribution in [0.5, 0.6) is 0 Å². The van der Waals surface area contributed by atoms with Crippen LogP contribution in [0.15, 0.2) is 18.2 Å². The maximum absolute atomic E-state index is 13.3. The molecule has 1 fully saturated rings. The topological polar surface area (TPSA) is 29.3 Å². The molecule has 0 unspecified atom stereocenters. The Morgan fingerprint density at radius 1 is 1.35 bits per heavy atom. The van der Waals surface area contributed by atoms with Crippen LogP contribution in [-0.4, -0.2) is 23.0 Å². The summed E-state index contributed by atoms with van der Waals surface area (Å²) in [6.45, 7) is 7.60. The average molecular weight is 294 g/mol. The molecule has 110 valence electrons. The Morgan fingerprint density at radius 3 is 2.80 bits per heavy atom. The van der Waals surface area contributed by atoms with Gasteiger partial charge in [0.25, 0.3) is 0 Å². The predicted octanol–water partition coefficient (Wildman–Crippen LogP) is 3.47. The van der Waals surface area contributed by atoms with Crippen molar-refractivity contribution in [2.24, 2.45) is 11.1 Å². The minimum atomic E-state index is -0.284. The Kier molecular flexibility index (Phi) is 4.76. The normalized spacial score (nSPS) is 19.6. The quantitative estimate of drug-likeness (QED) is 0.866. The van der Waals surface area contributed by atoms with E-state index >= 15 is 0 Å². The number of likely N-dealkylation sites (tertiary alicyclic amines) is 1. The van der Waals surface area contributed by atoms with Crippen LogP contribution in [0.2, 0.25) is 0 Å². The molecule has 0 spiro atoms. The zero-order valence-electron chi connectivity index (χ0n) is 12.3. The largest absolute Gasteiger partial charge is 0.389 e. The van der Waals surface area contributed by atoms with Crippen molar-refractivity contribution < 1.29 is 4.39 Å². The van der Waals surface area contributed by atoms with Gasteiger partial charge in [0.15, 0.2) is 0 Å². The smallest absolute Gasteiger partial charge is 0.123 e. The van der Waals surface area contributed by atoms with Crippen molar-refractivity contribution in [1.29, 1.82) is 0 Å². The first-order valence-corrected chi connectivity index (χ1v) is 7.59. The van der Waals surface area contributed by atoms with Crippen LogP contribution in [0, 0.1) is 11.2 Å². The molecule has 1 heterocycles. The van der Waals surface area contributed by atoms with E-state index in [0.29, 0.717) is 11.0 Å². The fourth-order valence-corrected chi connectivity index (χ4v) is 2.98. The first-order chi connectivity index (χ1) is 9.37. The van der Waals surface area contributed by atoms with Crippen LogP contribution in [0.4, 0.5) is 4.39 Å². The lowest BCUT2D eigenvalue weighted by Gasteiger charge is -2.24. The number of nitrogens with two attached hydrogens (primary N) is 1. The fourth-order valence-electron chi connectivity index (χ4n) is 2.79. The van der Waals surface area contributed by atoms with Crippen LogP contribution in [0.25, 0.3) is 0 Å². The minimum Gasteiger partial charge on any atom is -0.389 e. The Labute approximate surface area is 126 Å². The number of benzene rings is 1. The van der Waals surface area contributed by atoms with Gasteiger partial charge in [-0.05, 0) is 55.5 Å². The van der Waals surface area contributed by atoms with Gasteiger partial charge in [-0.15, -0.1) is 0 Å². The number of nitrogens with zero attached hydrogens (tertiary/aromatic N) is 1. The third-order valence-corrected chi connectivity index (χ3v) is 4.38. The molecule has 0 aromatic heterocycles. The van der Waals surface area contributed by atoms with Crippen molar-refractivity contribution in [1.82, 2.24) is 4.90 Å². The molecule has 1 aliphatic rings. The minimum absolute atomic E-state index is 0.273. The lowest BCUT2D eigenvalue weighted by Crippen LogP contribution is -2.26. The molecule has 0 amide bonds. The number of hydrogen-bond donors (Lipinski definition) is 1. The summed E-state index contributed by atoms with van der Waals surface area (Å²) in [6, 6.07) is 4.73. The summed E-state index contributed by atoms with van der Waals surface area (Å²) in [5.74, 6) is -0.284. The van der Waals surface area contributed by atoms with E-state index in [1.165, 1.54) is 31.4 Å². The van der Waals surface area contributed by atoms with E-state index in [4.69, 9.17) is 18.0 Å². The highest BCUT2D eigenvalue weighted by Crippen LogP contribution is 2.30. The average Bonchev–Trinajstić information content (AvgIpc) is 2.53. The molecule has 1 aromatic rings. The third-order valence-electron chi connectivity index (χ3n) is 4.16. The molecule has 0 aliphatic carbocycles.